The highest BCUT2D eigenvalue weighted by atomic mass is 35.5. The van der Waals surface area contributed by atoms with E-state index in [-0.39, 0.29) is 5.91 Å². The van der Waals surface area contributed by atoms with Gasteiger partial charge in [-0.3, -0.25) is 4.79 Å². The number of hydrogen-bond acceptors (Lipinski definition) is 3. The van der Waals surface area contributed by atoms with Crippen molar-refractivity contribution in [2.24, 2.45) is 0 Å². The smallest absolute Gasteiger partial charge is 0.261 e. The van der Waals surface area contributed by atoms with Crippen LogP contribution in [0.25, 0.3) is 0 Å². The van der Waals surface area contributed by atoms with Gasteiger partial charge in [0.15, 0.2) is 6.10 Å². The zero-order valence-electron chi connectivity index (χ0n) is 14.9. The minimum atomic E-state index is -0.486. The highest BCUT2D eigenvalue weighted by molar-refractivity contribution is 7.98. The third-order valence-corrected chi connectivity index (χ3v) is 5.48. The number of rotatable bonds is 9. The fourth-order valence-electron chi connectivity index (χ4n) is 2.38. The normalized spacial score (nSPS) is 11.8. The quantitative estimate of drug-likeness (QED) is 0.552. The standard InChI is InChI=1S/C20H23Cl2NO2S/c1-3-19(25-15-7-4-6-14(2)12-15)20(24)23-10-11-26-13-16-17(21)8-5-9-18(16)22/h4-9,12,19H,3,10-11,13H2,1-2H3,(H,23,24)/t19-/m1/s1. The molecule has 6 heteroatoms. The van der Waals surface area contributed by atoms with Gasteiger partial charge in [-0.25, -0.2) is 0 Å². The Labute approximate surface area is 169 Å². The first-order chi connectivity index (χ1) is 12.5. The lowest BCUT2D eigenvalue weighted by molar-refractivity contribution is -0.127. The monoisotopic (exact) mass is 411 g/mol. The molecule has 0 aliphatic carbocycles. The molecule has 1 N–H and O–H groups in total. The second-order valence-electron chi connectivity index (χ2n) is 5.88. The Balaban J connectivity index is 1.75. The van der Waals surface area contributed by atoms with Crippen molar-refractivity contribution in [3.8, 4) is 5.75 Å². The predicted octanol–water partition coefficient (Wildman–Crippen LogP) is 5.51. The molecule has 0 saturated carbocycles. The summed E-state index contributed by atoms with van der Waals surface area (Å²) in [6, 6.07) is 13.2. The second-order valence-corrected chi connectivity index (χ2v) is 7.79. The fraction of sp³-hybridized carbons (Fsp3) is 0.350. The van der Waals surface area contributed by atoms with Gasteiger partial charge in [0.2, 0.25) is 0 Å². The van der Waals surface area contributed by atoms with Crippen molar-refractivity contribution in [3.05, 3.63) is 63.6 Å². The Morgan fingerprint density at radius 3 is 2.54 bits per heavy atom. The van der Waals surface area contributed by atoms with Crippen LogP contribution >= 0.6 is 35.0 Å². The molecular weight excluding hydrogens is 389 g/mol. The Bertz CT molecular complexity index is 719. The van der Waals surface area contributed by atoms with Crippen LogP contribution in [0.1, 0.15) is 24.5 Å². The van der Waals surface area contributed by atoms with Crippen LogP contribution < -0.4 is 10.1 Å². The van der Waals surface area contributed by atoms with E-state index in [0.717, 1.165) is 22.6 Å². The number of aryl methyl sites for hydroxylation is 1. The molecule has 1 atom stereocenters. The lowest BCUT2D eigenvalue weighted by Gasteiger charge is -2.17. The molecule has 0 radical (unpaired) electrons. The number of ether oxygens (including phenoxy) is 1. The first-order valence-corrected chi connectivity index (χ1v) is 10.4. The summed E-state index contributed by atoms with van der Waals surface area (Å²) in [5.74, 6) is 2.11. The number of amides is 1. The van der Waals surface area contributed by atoms with Gasteiger partial charge in [-0.15, -0.1) is 0 Å². The number of nitrogens with one attached hydrogen (secondary N) is 1. The van der Waals surface area contributed by atoms with Crippen LogP contribution in [0, 0.1) is 6.92 Å². The van der Waals surface area contributed by atoms with E-state index in [4.69, 9.17) is 27.9 Å². The van der Waals surface area contributed by atoms with Crippen LogP contribution in [-0.4, -0.2) is 24.3 Å². The van der Waals surface area contributed by atoms with Crippen molar-refractivity contribution in [2.45, 2.75) is 32.1 Å². The average molecular weight is 412 g/mol. The van der Waals surface area contributed by atoms with Gasteiger partial charge in [0.25, 0.3) is 5.91 Å². The number of hydrogen-bond donors (Lipinski definition) is 1. The van der Waals surface area contributed by atoms with Crippen molar-refractivity contribution in [1.82, 2.24) is 5.32 Å². The molecular formula is C20H23Cl2NO2S. The molecule has 0 saturated heterocycles. The van der Waals surface area contributed by atoms with Gasteiger partial charge in [-0.05, 0) is 48.7 Å². The lowest BCUT2D eigenvalue weighted by atomic mass is 10.2. The topological polar surface area (TPSA) is 38.3 Å². The fourth-order valence-corrected chi connectivity index (χ4v) is 3.98. The number of thioether (sulfide) groups is 1. The van der Waals surface area contributed by atoms with Crippen molar-refractivity contribution in [1.29, 1.82) is 0 Å². The number of carbonyl (C=O) groups is 1. The lowest BCUT2D eigenvalue weighted by Crippen LogP contribution is -2.39. The largest absolute Gasteiger partial charge is 0.481 e. The predicted molar refractivity (Wildman–Crippen MR) is 112 cm³/mol. The Morgan fingerprint density at radius 1 is 1.19 bits per heavy atom. The Kier molecular flexibility index (Phi) is 8.63. The van der Waals surface area contributed by atoms with Crippen molar-refractivity contribution >= 4 is 40.9 Å². The van der Waals surface area contributed by atoms with Crippen LogP contribution in [0.5, 0.6) is 5.75 Å². The van der Waals surface area contributed by atoms with E-state index in [1.807, 2.05) is 56.3 Å². The van der Waals surface area contributed by atoms with Gasteiger partial charge in [-0.1, -0.05) is 48.3 Å². The SMILES string of the molecule is CC[C@@H](Oc1cccc(C)c1)C(=O)NCCSCc1c(Cl)cccc1Cl. The van der Waals surface area contributed by atoms with Crippen LogP contribution in [0.4, 0.5) is 0 Å². The van der Waals surface area contributed by atoms with Crippen LogP contribution in [0.2, 0.25) is 10.0 Å². The summed E-state index contributed by atoms with van der Waals surface area (Å²) >= 11 is 14.0. The molecule has 0 bridgehead atoms. The molecule has 0 spiro atoms. The van der Waals surface area contributed by atoms with Crippen molar-refractivity contribution in [2.75, 3.05) is 12.3 Å². The van der Waals surface area contributed by atoms with E-state index in [2.05, 4.69) is 5.32 Å². The van der Waals surface area contributed by atoms with E-state index in [0.29, 0.717) is 28.8 Å². The van der Waals surface area contributed by atoms with Crippen molar-refractivity contribution < 1.29 is 9.53 Å². The molecule has 0 unspecified atom stereocenters. The molecule has 2 rings (SSSR count). The van der Waals surface area contributed by atoms with Gasteiger partial charge in [-0.2, -0.15) is 11.8 Å². The minimum Gasteiger partial charge on any atom is -0.481 e. The second kappa shape index (κ2) is 10.7. The maximum absolute atomic E-state index is 12.3. The Hall–Kier alpha value is -1.36. The summed E-state index contributed by atoms with van der Waals surface area (Å²) < 4.78 is 5.81. The summed E-state index contributed by atoms with van der Waals surface area (Å²) in [7, 11) is 0. The molecule has 1 amide bonds. The van der Waals surface area contributed by atoms with Gasteiger partial charge >= 0.3 is 0 Å². The number of benzene rings is 2. The maximum Gasteiger partial charge on any atom is 0.261 e. The van der Waals surface area contributed by atoms with Gasteiger partial charge in [0.05, 0.1) is 0 Å². The van der Waals surface area contributed by atoms with Crippen LogP contribution in [-0.2, 0) is 10.5 Å². The molecule has 0 fully saturated rings. The molecule has 0 aliphatic heterocycles. The first-order valence-electron chi connectivity index (χ1n) is 8.53. The summed E-state index contributed by atoms with van der Waals surface area (Å²) in [5, 5.41) is 4.28. The summed E-state index contributed by atoms with van der Waals surface area (Å²) in [4.78, 5) is 12.3. The Morgan fingerprint density at radius 2 is 1.88 bits per heavy atom. The zero-order chi connectivity index (χ0) is 18.9. The summed E-state index contributed by atoms with van der Waals surface area (Å²) in [6.45, 7) is 4.50. The van der Waals surface area contributed by atoms with Crippen LogP contribution in [0.3, 0.4) is 0 Å². The zero-order valence-corrected chi connectivity index (χ0v) is 17.3. The van der Waals surface area contributed by atoms with E-state index in [1.54, 1.807) is 11.8 Å². The minimum absolute atomic E-state index is 0.0922. The molecule has 0 aliphatic rings. The van der Waals surface area contributed by atoms with Gasteiger partial charge in [0.1, 0.15) is 5.75 Å². The van der Waals surface area contributed by atoms with E-state index < -0.39 is 6.10 Å². The molecule has 140 valence electrons. The first kappa shape index (κ1) is 20.9. The number of halogens is 2. The van der Waals surface area contributed by atoms with E-state index >= 15 is 0 Å². The summed E-state index contributed by atoms with van der Waals surface area (Å²) in [6.07, 6.45) is 0.127. The van der Waals surface area contributed by atoms with E-state index in [9.17, 15) is 4.79 Å². The molecule has 26 heavy (non-hydrogen) atoms. The van der Waals surface area contributed by atoms with Gasteiger partial charge < -0.3 is 10.1 Å². The molecule has 3 nitrogen and oxygen atoms in total. The third-order valence-electron chi connectivity index (χ3n) is 3.78. The molecule has 2 aromatic carbocycles. The van der Waals surface area contributed by atoms with Crippen LogP contribution in [0.15, 0.2) is 42.5 Å². The van der Waals surface area contributed by atoms with Crippen molar-refractivity contribution in [3.63, 3.8) is 0 Å². The highest BCUT2D eigenvalue weighted by Crippen LogP contribution is 2.28. The molecule has 0 heterocycles. The molecule has 0 aromatic heterocycles. The maximum atomic E-state index is 12.3. The number of carbonyl (C=O) groups excluding carboxylic acids is 1. The molecule has 2 aromatic rings. The van der Waals surface area contributed by atoms with Gasteiger partial charge in [0, 0.05) is 28.1 Å². The third kappa shape index (κ3) is 6.42. The average Bonchev–Trinajstić information content (AvgIpc) is 2.61. The van der Waals surface area contributed by atoms with E-state index in [1.165, 1.54) is 0 Å². The highest BCUT2D eigenvalue weighted by Gasteiger charge is 2.17. The summed E-state index contributed by atoms with van der Waals surface area (Å²) in [5.41, 5.74) is 2.04.